The Balaban J connectivity index is 2.60. The van der Waals surface area contributed by atoms with Crippen LogP contribution in [-0.4, -0.2) is 16.3 Å². The predicted molar refractivity (Wildman–Crippen MR) is 75.4 cm³/mol. The molecule has 0 saturated carbocycles. The number of hydrogen-bond donors (Lipinski definition) is 1. The van der Waals surface area contributed by atoms with Gasteiger partial charge in [0.25, 0.3) is 0 Å². The highest BCUT2D eigenvalue weighted by atomic mass is 32.2. The number of amides is 1. The molecule has 3 nitrogen and oxygen atoms in total. The van der Waals surface area contributed by atoms with Gasteiger partial charge in [0.05, 0.1) is 11.3 Å². The Kier molecular flexibility index (Phi) is 5.92. The van der Waals surface area contributed by atoms with Gasteiger partial charge in [-0.1, -0.05) is 49.0 Å². The van der Waals surface area contributed by atoms with Crippen molar-refractivity contribution in [2.24, 2.45) is 0 Å². The summed E-state index contributed by atoms with van der Waals surface area (Å²) >= 11 is 1.09. The van der Waals surface area contributed by atoms with Crippen LogP contribution in [-0.2, 0) is 9.59 Å². The average molecular weight is 265 g/mol. The molecule has 18 heavy (non-hydrogen) atoms. The van der Waals surface area contributed by atoms with Crippen LogP contribution in [0.1, 0.15) is 38.8 Å². The fourth-order valence-electron chi connectivity index (χ4n) is 1.65. The van der Waals surface area contributed by atoms with Crippen LogP contribution in [0.5, 0.6) is 0 Å². The number of carbonyl (C=O) groups excluding carboxylic acids is 2. The van der Waals surface area contributed by atoms with Gasteiger partial charge in [-0.05, 0) is 18.9 Å². The van der Waals surface area contributed by atoms with E-state index >= 15 is 0 Å². The summed E-state index contributed by atoms with van der Waals surface area (Å²) in [5.41, 5.74) is 1.06. The van der Waals surface area contributed by atoms with Crippen molar-refractivity contribution in [3.8, 4) is 0 Å². The van der Waals surface area contributed by atoms with Gasteiger partial charge in [0.2, 0.25) is 5.91 Å². The third-order valence-corrected chi connectivity index (χ3v) is 3.79. The van der Waals surface area contributed by atoms with Crippen molar-refractivity contribution in [2.45, 2.75) is 38.5 Å². The molecular weight excluding hydrogens is 246 g/mol. The Morgan fingerprint density at radius 1 is 1.28 bits per heavy atom. The topological polar surface area (TPSA) is 46.2 Å². The second-order valence-electron chi connectivity index (χ2n) is 4.15. The molecule has 0 heterocycles. The van der Waals surface area contributed by atoms with Crippen molar-refractivity contribution < 1.29 is 9.59 Å². The van der Waals surface area contributed by atoms with Gasteiger partial charge in [0.15, 0.2) is 5.12 Å². The number of rotatable bonds is 5. The maximum Gasteiger partial charge on any atom is 0.234 e. The molecule has 0 spiro atoms. The van der Waals surface area contributed by atoms with Crippen molar-refractivity contribution in [2.75, 3.05) is 0 Å². The molecule has 0 saturated heterocycles. The van der Waals surface area contributed by atoms with Crippen molar-refractivity contribution >= 4 is 22.8 Å². The van der Waals surface area contributed by atoms with Gasteiger partial charge in [-0.3, -0.25) is 9.59 Å². The molecular formula is C14H19NO2S. The van der Waals surface area contributed by atoms with E-state index in [2.05, 4.69) is 5.32 Å². The van der Waals surface area contributed by atoms with E-state index in [4.69, 9.17) is 0 Å². The highest BCUT2D eigenvalue weighted by Crippen LogP contribution is 2.18. The molecule has 2 atom stereocenters. The lowest BCUT2D eigenvalue weighted by Crippen LogP contribution is -2.34. The average Bonchev–Trinajstić information content (AvgIpc) is 2.36. The largest absolute Gasteiger partial charge is 0.349 e. The first kappa shape index (κ1) is 14.8. The highest BCUT2D eigenvalue weighted by molar-refractivity contribution is 8.14. The quantitative estimate of drug-likeness (QED) is 0.890. The lowest BCUT2D eigenvalue weighted by molar-refractivity contribution is -0.121. The van der Waals surface area contributed by atoms with E-state index in [0.717, 1.165) is 17.3 Å². The molecule has 0 aromatic heterocycles. The first-order chi connectivity index (χ1) is 8.54. The number of hydrogen-bond acceptors (Lipinski definition) is 3. The molecule has 1 aromatic carbocycles. The molecule has 4 heteroatoms. The van der Waals surface area contributed by atoms with Crippen LogP contribution in [0.15, 0.2) is 30.3 Å². The van der Waals surface area contributed by atoms with E-state index in [9.17, 15) is 9.59 Å². The standard InChI is InChI=1S/C14H19NO2S/c1-4-13(18-11(3)16)14(17)15-10(2)12-8-6-5-7-9-12/h5-10,13H,4H2,1-3H3,(H,15,17). The summed E-state index contributed by atoms with van der Waals surface area (Å²) < 4.78 is 0. The Labute approximate surface area is 112 Å². The monoisotopic (exact) mass is 265 g/mol. The zero-order valence-electron chi connectivity index (χ0n) is 11.0. The lowest BCUT2D eigenvalue weighted by Gasteiger charge is -2.18. The van der Waals surface area contributed by atoms with E-state index in [-0.39, 0.29) is 22.3 Å². The maximum absolute atomic E-state index is 12.0. The normalized spacial score (nSPS) is 13.7. The highest BCUT2D eigenvalue weighted by Gasteiger charge is 2.20. The van der Waals surface area contributed by atoms with Crippen molar-refractivity contribution in [3.05, 3.63) is 35.9 Å². The molecule has 0 bridgehead atoms. The molecule has 0 aliphatic carbocycles. The third kappa shape index (κ3) is 4.53. The van der Waals surface area contributed by atoms with Gasteiger partial charge in [-0.15, -0.1) is 0 Å². The SMILES string of the molecule is CCC(SC(C)=O)C(=O)NC(C)c1ccccc1. The van der Waals surface area contributed by atoms with Crippen LogP contribution < -0.4 is 5.32 Å². The van der Waals surface area contributed by atoms with Crippen molar-refractivity contribution in [3.63, 3.8) is 0 Å². The minimum atomic E-state index is -0.298. The van der Waals surface area contributed by atoms with E-state index in [0.29, 0.717) is 6.42 Å². The summed E-state index contributed by atoms with van der Waals surface area (Å²) in [6.07, 6.45) is 0.650. The summed E-state index contributed by atoms with van der Waals surface area (Å²) in [5.74, 6) is -0.0750. The second kappa shape index (κ2) is 7.21. The predicted octanol–water partition coefficient (Wildman–Crippen LogP) is 2.92. The van der Waals surface area contributed by atoms with Crippen molar-refractivity contribution in [1.29, 1.82) is 0 Å². The summed E-state index contributed by atoms with van der Waals surface area (Å²) in [4.78, 5) is 23.1. The molecule has 2 unspecified atom stereocenters. The second-order valence-corrected chi connectivity index (χ2v) is 5.53. The summed E-state index contributed by atoms with van der Waals surface area (Å²) in [7, 11) is 0. The molecule has 0 aliphatic heterocycles. The van der Waals surface area contributed by atoms with Crippen LogP contribution in [0, 0.1) is 0 Å². The first-order valence-corrected chi connectivity index (χ1v) is 6.95. The first-order valence-electron chi connectivity index (χ1n) is 6.07. The van der Waals surface area contributed by atoms with E-state index in [1.165, 1.54) is 6.92 Å². The van der Waals surface area contributed by atoms with E-state index in [1.54, 1.807) is 0 Å². The van der Waals surface area contributed by atoms with Crippen LogP contribution in [0.4, 0.5) is 0 Å². The smallest absolute Gasteiger partial charge is 0.234 e. The summed E-state index contributed by atoms with van der Waals surface area (Å²) in [5, 5.41) is 2.62. The minimum absolute atomic E-state index is 0.0237. The molecule has 1 N–H and O–H groups in total. The Bertz CT molecular complexity index is 406. The Morgan fingerprint density at radius 2 is 1.89 bits per heavy atom. The van der Waals surface area contributed by atoms with Gasteiger partial charge >= 0.3 is 0 Å². The number of carbonyl (C=O) groups is 2. The Morgan fingerprint density at radius 3 is 2.39 bits per heavy atom. The van der Waals surface area contributed by atoms with Crippen LogP contribution >= 0.6 is 11.8 Å². The fourth-order valence-corrected chi connectivity index (χ4v) is 2.40. The van der Waals surface area contributed by atoms with Crippen molar-refractivity contribution in [1.82, 2.24) is 5.32 Å². The van der Waals surface area contributed by atoms with Gasteiger partial charge in [0.1, 0.15) is 0 Å². The summed E-state index contributed by atoms with van der Waals surface area (Å²) in [6, 6.07) is 9.74. The van der Waals surface area contributed by atoms with Gasteiger partial charge in [-0.2, -0.15) is 0 Å². The molecule has 98 valence electrons. The zero-order chi connectivity index (χ0) is 13.5. The lowest BCUT2D eigenvalue weighted by atomic mass is 10.1. The van der Waals surface area contributed by atoms with Gasteiger partial charge in [0, 0.05) is 6.92 Å². The number of thioether (sulfide) groups is 1. The Hall–Kier alpha value is -1.29. The third-order valence-electron chi connectivity index (χ3n) is 2.63. The number of nitrogens with one attached hydrogen (secondary N) is 1. The summed E-state index contributed by atoms with van der Waals surface area (Å²) in [6.45, 7) is 5.34. The van der Waals surface area contributed by atoms with Crippen LogP contribution in [0.25, 0.3) is 0 Å². The number of benzene rings is 1. The van der Waals surface area contributed by atoms with E-state index < -0.39 is 0 Å². The van der Waals surface area contributed by atoms with Crippen LogP contribution in [0.3, 0.4) is 0 Å². The zero-order valence-corrected chi connectivity index (χ0v) is 11.8. The van der Waals surface area contributed by atoms with Gasteiger partial charge in [-0.25, -0.2) is 0 Å². The van der Waals surface area contributed by atoms with E-state index in [1.807, 2.05) is 44.2 Å². The maximum atomic E-state index is 12.0. The molecule has 0 fully saturated rings. The molecule has 0 aliphatic rings. The molecule has 1 rings (SSSR count). The molecule has 0 radical (unpaired) electrons. The molecule has 1 amide bonds. The fraction of sp³-hybridized carbons (Fsp3) is 0.429. The molecule has 1 aromatic rings. The minimum Gasteiger partial charge on any atom is -0.349 e. The van der Waals surface area contributed by atoms with Crippen LogP contribution in [0.2, 0.25) is 0 Å². The van der Waals surface area contributed by atoms with Gasteiger partial charge < -0.3 is 5.32 Å².